The normalized spacial score (nSPS) is 28.3. The first-order valence-electron chi connectivity index (χ1n) is 9.85. The molecule has 6 rings (SSSR count). The lowest BCUT2D eigenvalue weighted by atomic mass is 9.64. The Kier molecular flexibility index (Phi) is 3.93. The molecule has 1 atom stereocenters. The van der Waals surface area contributed by atoms with Gasteiger partial charge < -0.3 is 23.7 Å². The molecule has 31 heavy (non-hydrogen) atoms. The fourth-order valence-corrected chi connectivity index (χ4v) is 4.50. The molecule has 2 spiro atoms. The van der Waals surface area contributed by atoms with E-state index in [4.69, 9.17) is 33.6 Å². The van der Waals surface area contributed by atoms with Crippen molar-refractivity contribution in [3.8, 4) is 5.75 Å². The summed E-state index contributed by atoms with van der Waals surface area (Å²) in [5, 5.41) is 0.538. The largest absolute Gasteiger partial charge is 0.546 e. The third-order valence-corrected chi connectivity index (χ3v) is 6.23. The average Bonchev–Trinajstić information content (AvgIpc) is 3.19. The van der Waals surface area contributed by atoms with Gasteiger partial charge in [-0.05, 0) is 29.7 Å². The van der Waals surface area contributed by atoms with Crippen LogP contribution in [0.2, 0.25) is 0 Å². The Bertz CT molecular complexity index is 1020. The number of carbonyl (C=O) groups is 2. The first kappa shape index (κ1) is 18.5. The smallest absolute Gasteiger partial charge is 0.492 e. The number of fused-ring (bicyclic) bond motifs is 3. The van der Waals surface area contributed by atoms with E-state index >= 15 is 0 Å². The summed E-state index contributed by atoms with van der Waals surface area (Å²) in [4.78, 5) is 37.3. The third-order valence-electron chi connectivity index (χ3n) is 6.23. The van der Waals surface area contributed by atoms with E-state index in [1.54, 1.807) is 0 Å². The van der Waals surface area contributed by atoms with Gasteiger partial charge in [-0.25, -0.2) is 14.6 Å². The monoisotopic (exact) mass is 430 g/mol. The van der Waals surface area contributed by atoms with Gasteiger partial charge in [0.2, 0.25) is 0 Å². The van der Waals surface area contributed by atoms with Gasteiger partial charge in [0.15, 0.2) is 0 Å². The van der Waals surface area contributed by atoms with Crippen molar-refractivity contribution < 1.29 is 42.9 Å². The zero-order chi connectivity index (χ0) is 21.1. The molecule has 0 N–H and O–H groups in total. The van der Waals surface area contributed by atoms with E-state index in [2.05, 4.69) is 16.9 Å². The van der Waals surface area contributed by atoms with Gasteiger partial charge in [-0.2, -0.15) is 0 Å². The van der Waals surface area contributed by atoms with Gasteiger partial charge in [0.25, 0.3) is 0 Å². The maximum absolute atomic E-state index is 11.5. The minimum absolute atomic E-state index is 0.139. The fourth-order valence-electron chi connectivity index (χ4n) is 4.50. The molecule has 2 saturated heterocycles. The van der Waals surface area contributed by atoms with Gasteiger partial charge in [0, 0.05) is 10.8 Å². The molecule has 5 heterocycles. The number of hydrogen-bond donors (Lipinski definition) is 0. The standard InChI is InChI=1S/C20H18N2O9/c23-17-29-18(24)31-22(30-17)16-21-20(11-28-16)14-7-13(12-3-5-25-6-4-12)1-2-15(14)27-10-19(20)8-26-9-19/h1-3,7H,4-6,8-11H2. The van der Waals surface area contributed by atoms with Crippen LogP contribution in [0.5, 0.6) is 5.75 Å². The van der Waals surface area contributed by atoms with Crippen molar-refractivity contribution in [2.45, 2.75) is 12.0 Å². The van der Waals surface area contributed by atoms with Crippen molar-refractivity contribution in [3.05, 3.63) is 35.4 Å². The fraction of sp³-hybridized carbons (Fsp3) is 0.450. The Morgan fingerprint density at radius 2 is 1.81 bits per heavy atom. The minimum atomic E-state index is -1.23. The molecule has 0 radical (unpaired) electrons. The summed E-state index contributed by atoms with van der Waals surface area (Å²) in [6.45, 7) is 2.62. The quantitative estimate of drug-likeness (QED) is 0.483. The Hall–Kier alpha value is -3.31. The van der Waals surface area contributed by atoms with Crippen LogP contribution in [0.3, 0.4) is 0 Å². The maximum Gasteiger partial charge on any atom is 0.546 e. The van der Waals surface area contributed by atoms with E-state index in [9.17, 15) is 9.59 Å². The van der Waals surface area contributed by atoms with E-state index < -0.39 is 23.3 Å². The molecule has 5 aliphatic heterocycles. The summed E-state index contributed by atoms with van der Waals surface area (Å²) in [7, 11) is 0. The predicted molar refractivity (Wildman–Crippen MR) is 99.6 cm³/mol. The lowest BCUT2D eigenvalue weighted by Gasteiger charge is -2.53. The van der Waals surface area contributed by atoms with Crippen LogP contribution in [0.1, 0.15) is 17.5 Å². The van der Waals surface area contributed by atoms with Crippen molar-refractivity contribution in [2.24, 2.45) is 10.4 Å². The Labute approximate surface area is 176 Å². The van der Waals surface area contributed by atoms with Crippen LogP contribution in [-0.2, 0) is 34.2 Å². The van der Waals surface area contributed by atoms with E-state index in [1.165, 1.54) is 5.57 Å². The molecular formula is C20H18N2O9. The van der Waals surface area contributed by atoms with Gasteiger partial charge in [0.05, 0.1) is 31.8 Å². The average molecular weight is 430 g/mol. The Morgan fingerprint density at radius 3 is 2.52 bits per heavy atom. The van der Waals surface area contributed by atoms with Crippen LogP contribution >= 0.6 is 0 Å². The van der Waals surface area contributed by atoms with E-state index in [0.717, 1.165) is 17.5 Å². The van der Waals surface area contributed by atoms with Crippen molar-refractivity contribution in [1.82, 2.24) is 5.23 Å². The van der Waals surface area contributed by atoms with Gasteiger partial charge in [0.1, 0.15) is 24.5 Å². The molecule has 1 unspecified atom stereocenters. The topological polar surface area (TPSA) is 114 Å². The molecule has 1 aromatic carbocycles. The summed E-state index contributed by atoms with van der Waals surface area (Å²) in [5.41, 5.74) is 1.74. The summed E-state index contributed by atoms with van der Waals surface area (Å²) < 4.78 is 27.0. The lowest BCUT2D eigenvalue weighted by Crippen LogP contribution is -2.63. The highest BCUT2D eigenvalue weighted by molar-refractivity contribution is 5.83. The molecule has 162 valence electrons. The van der Waals surface area contributed by atoms with Crippen LogP contribution in [0, 0.1) is 5.41 Å². The number of cyclic esters (lactones) is 2. The number of hydroxylamine groups is 2. The number of carbonyl (C=O) groups excluding carboxylic acids is 2. The van der Waals surface area contributed by atoms with Crippen LogP contribution in [0.15, 0.2) is 29.3 Å². The number of amidine groups is 1. The van der Waals surface area contributed by atoms with Crippen molar-refractivity contribution in [3.63, 3.8) is 0 Å². The zero-order valence-corrected chi connectivity index (χ0v) is 16.3. The number of hydrogen-bond acceptors (Lipinski definition) is 11. The summed E-state index contributed by atoms with van der Waals surface area (Å²) >= 11 is 0. The number of rotatable bonds is 1. The molecule has 0 aliphatic carbocycles. The Balaban J connectivity index is 1.44. The van der Waals surface area contributed by atoms with Crippen molar-refractivity contribution in [2.75, 3.05) is 39.6 Å². The van der Waals surface area contributed by atoms with Gasteiger partial charge >= 0.3 is 18.3 Å². The molecular weight excluding hydrogens is 412 g/mol. The van der Waals surface area contributed by atoms with Crippen molar-refractivity contribution in [1.29, 1.82) is 0 Å². The first-order chi connectivity index (χ1) is 15.1. The highest BCUT2D eigenvalue weighted by Gasteiger charge is 2.65. The molecule has 1 aromatic rings. The Morgan fingerprint density at radius 1 is 0.968 bits per heavy atom. The lowest BCUT2D eigenvalue weighted by molar-refractivity contribution is -0.292. The molecule has 5 aliphatic rings. The summed E-state index contributed by atoms with van der Waals surface area (Å²) in [5.74, 6) is 0.693. The summed E-state index contributed by atoms with van der Waals surface area (Å²) in [6, 6.07) is 5.85. The van der Waals surface area contributed by atoms with E-state index in [1.807, 2.05) is 12.1 Å². The van der Waals surface area contributed by atoms with Gasteiger partial charge in [-0.3, -0.25) is 9.68 Å². The second kappa shape index (κ2) is 6.59. The number of ether oxygens (including phenoxy) is 5. The van der Waals surface area contributed by atoms with Crippen molar-refractivity contribution >= 4 is 23.9 Å². The maximum atomic E-state index is 11.5. The first-order valence-corrected chi connectivity index (χ1v) is 9.85. The zero-order valence-electron chi connectivity index (χ0n) is 16.3. The molecule has 0 saturated carbocycles. The van der Waals surface area contributed by atoms with Crippen LogP contribution < -0.4 is 4.74 Å². The highest BCUT2D eigenvalue weighted by Crippen LogP contribution is 2.56. The molecule has 0 bridgehead atoms. The number of benzene rings is 1. The van der Waals surface area contributed by atoms with Gasteiger partial charge in [-0.1, -0.05) is 12.1 Å². The van der Waals surface area contributed by atoms with E-state index in [-0.39, 0.29) is 12.6 Å². The predicted octanol–water partition coefficient (Wildman–Crippen LogP) is 1.92. The molecule has 11 nitrogen and oxygen atoms in total. The van der Waals surface area contributed by atoms with Gasteiger partial charge in [-0.15, -0.1) is 0 Å². The van der Waals surface area contributed by atoms with Crippen LogP contribution in [-0.4, -0.2) is 63.2 Å². The minimum Gasteiger partial charge on any atom is -0.492 e. The summed E-state index contributed by atoms with van der Waals surface area (Å²) in [6.07, 6.45) is 0.416. The van der Waals surface area contributed by atoms with Crippen LogP contribution in [0.4, 0.5) is 9.59 Å². The second-order valence-electron chi connectivity index (χ2n) is 7.91. The molecule has 2 fully saturated rings. The number of aliphatic imine (C=N–C) groups is 1. The highest BCUT2D eigenvalue weighted by atomic mass is 17.1. The third kappa shape index (κ3) is 2.70. The SMILES string of the molecule is O=C1OC(=O)ON(C2=NC3(CO2)c2cc(C4=CCOCC4)ccc2OCC32COC2)O1. The molecule has 11 heteroatoms. The molecule has 0 amide bonds. The second-order valence-corrected chi connectivity index (χ2v) is 7.91. The van der Waals surface area contributed by atoms with E-state index in [0.29, 0.717) is 44.0 Å². The number of nitrogens with zero attached hydrogens (tertiary/aromatic N) is 2. The van der Waals surface area contributed by atoms with Crippen LogP contribution in [0.25, 0.3) is 5.57 Å². The molecule has 0 aromatic heterocycles.